The second-order valence-corrected chi connectivity index (χ2v) is 6.25. The standard InChI is InChI=1S/C17H16ClN5O4/c18-13-5-4-12(23(26)27)11-14(13)20-16(24)17(25)22-9-7-21(8-10-22)15-3-1-2-6-19-15/h1-6,11H,7-10H2,(H,20,24). The van der Waals surface area contributed by atoms with Gasteiger partial charge in [0, 0.05) is 44.5 Å². The Morgan fingerprint density at radius 3 is 2.52 bits per heavy atom. The van der Waals surface area contributed by atoms with Gasteiger partial charge < -0.3 is 15.1 Å². The van der Waals surface area contributed by atoms with Crippen LogP contribution in [-0.4, -0.2) is 52.8 Å². The zero-order chi connectivity index (χ0) is 19.4. The van der Waals surface area contributed by atoms with Gasteiger partial charge in [-0.15, -0.1) is 0 Å². The molecule has 0 atom stereocenters. The molecule has 140 valence electrons. The highest BCUT2D eigenvalue weighted by molar-refractivity contribution is 6.41. The number of nitrogens with zero attached hydrogens (tertiary/aromatic N) is 4. The van der Waals surface area contributed by atoms with Crippen molar-refractivity contribution in [2.75, 3.05) is 36.4 Å². The van der Waals surface area contributed by atoms with E-state index in [0.29, 0.717) is 26.2 Å². The van der Waals surface area contributed by atoms with E-state index in [1.165, 1.54) is 17.0 Å². The van der Waals surface area contributed by atoms with Crippen LogP contribution < -0.4 is 10.2 Å². The monoisotopic (exact) mass is 389 g/mol. The number of anilines is 2. The molecule has 1 saturated heterocycles. The van der Waals surface area contributed by atoms with Crippen LogP contribution in [-0.2, 0) is 9.59 Å². The summed E-state index contributed by atoms with van der Waals surface area (Å²) >= 11 is 5.95. The van der Waals surface area contributed by atoms with Crippen LogP contribution in [0.25, 0.3) is 0 Å². The van der Waals surface area contributed by atoms with Gasteiger partial charge in [-0.3, -0.25) is 19.7 Å². The first-order valence-electron chi connectivity index (χ1n) is 8.16. The first-order valence-corrected chi connectivity index (χ1v) is 8.53. The number of halogens is 1. The average molecular weight is 390 g/mol. The highest BCUT2D eigenvalue weighted by Crippen LogP contribution is 2.26. The quantitative estimate of drug-likeness (QED) is 0.488. The number of benzene rings is 1. The topological polar surface area (TPSA) is 109 Å². The minimum Gasteiger partial charge on any atom is -0.353 e. The van der Waals surface area contributed by atoms with Crippen molar-refractivity contribution < 1.29 is 14.5 Å². The average Bonchev–Trinajstić information content (AvgIpc) is 2.69. The minimum atomic E-state index is -0.885. The third-order valence-electron chi connectivity index (χ3n) is 4.14. The van der Waals surface area contributed by atoms with Gasteiger partial charge >= 0.3 is 11.8 Å². The van der Waals surface area contributed by atoms with E-state index < -0.39 is 16.7 Å². The zero-order valence-corrected chi connectivity index (χ0v) is 14.9. The number of amides is 2. The van der Waals surface area contributed by atoms with Crippen molar-refractivity contribution in [3.05, 3.63) is 57.7 Å². The summed E-state index contributed by atoms with van der Waals surface area (Å²) in [4.78, 5) is 42.6. The lowest BCUT2D eigenvalue weighted by molar-refractivity contribution is -0.384. The van der Waals surface area contributed by atoms with Crippen LogP contribution in [0.5, 0.6) is 0 Å². The lowest BCUT2D eigenvalue weighted by Crippen LogP contribution is -2.51. The molecule has 0 saturated carbocycles. The third-order valence-corrected chi connectivity index (χ3v) is 4.47. The van der Waals surface area contributed by atoms with E-state index in [0.717, 1.165) is 11.9 Å². The maximum atomic E-state index is 12.4. The number of aromatic nitrogens is 1. The number of pyridine rings is 1. The first-order chi connectivity index (χ1) is 13.0. The van der Waals surface area contributed by atoms with Gasteiger partial charge in [-0.2, -0.15) is 0 Å². The van der Waals surface area contributed by atoms with Crippen LogP contribution in [0.4, 0.5) is 17.2 Å². The molecule has 1 N–H and O–H groups in total. The highest BCUT2D eigenvalue weighted by Gasteiger charge is 2.27. The molecular weight excluding hydrogens is 374 g/mol. The van der Waals surface area contributed by atoms with Crippen molar-refractivity contribution in [2.45, 2.75) is 0 Å². The fourth-order valence-corrected chi connectivity index (χ4v) is 2.89. The number of nitro benzene ring substituents is 1. The molecule has 1 aliphatic heterocycles. The normalized spacial score (nSPS) is 14.0. The van der Waals surface area contributed by atoms with Crippen molar-refractivity contribution in [3.8, 4) is 0 Å². The van der Waals surface area contributed by atoms with Crippen LogP contribution in [0.3, 0.4) is 0 Å². The van der Waals surface area contributed by atoms with Gasteiger partial charge in [0.2, 0.25) is 0 Å². The Bertz CT molecular complexity index is 869. The molecule has 0 unspecified atom stereocenters. The summed E-state index contributed by atoms with van der Waals surface area (Å²) in [5.41, 5.74) is -0.206. The van der Waals surface area contributed by atoms with Gasteiger partial charge in [0.05, 0.1) is 15.6 Å². The summed E-state index contributed by atoms with van der Waals surface area (Å²) < 4.78 is 0. The Balaban J connectivity index is 1.61. The Morgan fingerprint density at radius 2 is 1.89 bits per heavy atom. The Kier molecular flexibility index (Phi) is 5.51. The summed E-state index contributed by atoms with van der Waals surface area (Å²) in [5, 5.41) is 13.3. The number of nitro groups is 1. The Hall–Kier alpha value is -3.20. The van der Waals surface area contributed by atoms with Crippen molar-refractivity contribution in [2.24, 2.45) is 0 Å². The molecule has 0 radical (unpaired) electrons. The van der Waals surface area contributed by atoms with Crippen LogP contribution in [0.2, 0.25) is 5.02 Å². The number of nitrogens with one attached hydrogen (secondary N) is 1. The van der Waals surface area contributed by atoms with Gasteiger partial charge in [-0.05, 0) is 18.2 Å². The molecule has 1 aromatic heterocycles. The van der Waals surface area contributed by atoms with Gasteiger partial charge in [-0.25, -0.2) is 4.98 Å². The lowest BCUT2D eigenvalue weighted by Gasteiger charge is -2.35. The summed E-state index contributed by atoms with van der Waals surface area (Å²) in [6.07, 6.45) is 1.70. The maximum absolute atomic E-state index is 12.4. The molecule has 0 bridgehead atoms. The van der Waals surface area contributed by atoms with Gasteiger partial charge in [0.1, 0.15) is 5.82 Å². The fraction of sp³-hybridized carbons (Fsp3) is 0.235. The molecule has 1 aromatic carbocycles. The smallest absolute Gasteiger partial charge is 0.313 e. The molecule has 2 amide bonds. The molecule has 1 aliphatic rings. The summed E-state index contributed by atoms with van der Waals surface area (Å²) in [6.45, 7) is 1.83. The Morgan fingerprint density at radius 1 is 1.15 bits per heavy atom. The highest BCUT2D eigenvalue weighted by atomic mass is 35.5. The molecule has 2 heterocycles. The van der Waals surface area contributed by atoms with Crippen molar-refractivity contribution in [1.29, 1.82) is 0 Å². The van der Waals surface area contributed by atoms with Gasteiger partial charge in [0.15, 0.2) is 0 Å². The molecule has 0 spiro atoms. The molecule has 9 nitrogen and oxygen atoms in total. The number of non-ortho nitro benzene ring substituents is 1. The first kappa shape index (κ1) is 18.6. The number of rotatable bonds is 3. The molecule has 3 rings (SSSR count). The van der Waals surface area contributed by atoms with Crippen LogP contribution in [0.1, 0.15) is 0 Å². The van der Waals surface area contributed by atoms with Crippen LogP contribution in [0.15, 0.2) is 42.6 Å². The molecule has 2 aromatic rings. The molecule has 10 heteroatoms. The molecule has 27 heavy (non-hydrogen) atoms. The van der Waals surface area contributed by atoms with Crippen LogP contribution in [0, 0.1) is 10.1 Å². The largest absolute Gasteiger partial charge is 0.353 e. The van der Waals surface area contributed by atoms with E-state index in [9.17, 15) is 19.7 Å². The number of carbonyl (C=O) groups excluding carboxylic acids is 2. The number of hydrogen-bond acceptors (Lipinski definition) is 6. The second kappa shape index (κ2) is 8.00. The van der Waals surface area contributed by atoms with Crippen molar-refractivity contribution in [1.82, 2.24) is 9.88 Å². The minimum absolute atomic E-state index is 0.0244. The van der Waals surface area contributed by atoms with E-state index >= 15 is 0 Å². The van der Waals surface area contributed by atoms with Gasteiger partial charge in [0.25, 0.3) is 5.69 Å². The van der Waals surface area contributed by atoms with E-state index in [-0.39, 0.29) is 16.4 Å². The lowest BCUT2D eigenvalue weighted by atomic mass is 10.2. The summed E-state index contributed by atoms with van der Waals surface area (Å²) in [6, 6.07) is 9.23. The predicted octanol–water partition coefficient (Wildman–Crippen LogP) is 1.93. The van der Waals surface area contributed by atoms with Crippen molar-refractivity contribution in [3.63, 3.8) is 0 Å². The zero-order valence-electron chi connectivity index (χ0n) is 14.2. The summed E-state index contributed by atoms with van der Waals surface area (Å²) in [7, 11) is 0. The molecule has 1 fully saturated rings. The maximum Gasteiger partial charge on any atom is 0.313 e. The van der Waals surface area contributed by atoms with E-state index in [2.05, 4.69) is 10.3 Å². The fourth-order valence-electron chi connectivity index (χ4n) is 2.72. The van der Waals surface area contributed by atoms with Crippen LogP contribution >= 0.6 is 11.6 Å². The molecular formula is C17H16ClN5O4. The molecule has 0 aliphatic carbocycles. The number of carbonyl (C=O) groups is 2. The van der Waals surface area contributed by atoms with E-state index in [4.69, 9.17) is 11.6 Å². The third kappa shape index (κ3) is 4.32. The SMILES string of the molecule is O=C(Nc1cc([N+](=O)[O-])ccc1Cl)C(=O)N1CCN(c2ccccn2)CC1. The van der Waals surface area contributed by atoms with E-state index in [1.807, 2.05) is 23.1 Å². The van der Waals surface area contributed by atoms with Crippen molar-refractivity contribution >= 4 is 40.6 Å². The number of piperazine rings is 1. The van der Waals surface area contributed by atoms with Gasteiger partial charge in [-0.1, -0.05) is 17.7 Å². The second-order valence-electron chi connectivity index (χ2n) is 5.84. The summed E-state index contributed by atoms with van der Waals surface area (Å²) in [5.74, 6) is -0.778. The van der Waals surface area contributed by atoms with E-state index in [1.54, 1.807) is 6.20 Å². The Labute approximate surface area is 159 Å². The predicted molar refractivity (Wildman–Crippen MR) is 99.8 cm³/mol. The number of hydrogen-bond donors (Lipinski definition) is 1.